The van der Waals surface area contributed by atoms with Crippen LogP contribution < -0.4 is 10.3 Å². The molecule has 1 aliphatic heterocycles. The zero-order valence-electron chi connectivity index (χ0n) is 14.3. The fraction of sp³-hybridized carbons (Fsp3) is 0.421. The molecule has 0 radical (unpaired) electrons. The maximum absolute atomic E-state index is 13.6. The number of aromatic amines is 1. The van der Waals surface area contributed by atoms with Crippen LogP contribution in [0.3, 0.4) is 0 Å². The summed E-state index contributed by atoms with van der Waals surface area (Å²) in [4.78, 5) is 16.7. The predicted molar refractivity (Wildman–Crippen MR) is 93.2 cm³/mol. The number of piperidine rings is 1. The molecule has 0 aliphatic carbocycles. The van der Waals surface area contributed by atoms with E-state index in [4.69, 9.17) is 4.74 Å². The first kappa shape index (κ1) is 17.6. The summed E-state index contributed by atoms with van der Waals surface area (Å²) in [5, 5.41) is 10.7. The lowest BCUT2D eigenvalue weighted by Crippen LogP contribution is -2.47. The summed E-state index contributed by atoms with van der Waals surface area (Å²) in [5.74, 6) is -0.271. The Morgan fingerprint density at radius 3 is 2.76 bits per heavy atom. The molecule has 2 aromatic rings. The van der Waals surface area contributed by atoms with Crippen LogP contribution in [0.5, 0.6) is 5.75 Å². The van der Waals surface area contributed by atoms with E-state index in [1.54, 1.807) is 24.4 Å². The largest absolute Gasteiger partial charge is 0.488 e. The second-order valence-electron chi connectivity index (χ2n) is 6.75. The van der Waals surface area contributed by atoms with E-state index in [0.29, 0.717) is 32.5 Å². The van der Waals surface area contributed by atoms with E-state index in [2.05, 4.69) is 9.88 Å². The first-order chi connectivity index (χ1) is 12.0. The number of nitrogens with zero attached hydrogens (tertiary/aromatic N) is 1. The number of nitrogens with one attached hydrogen (secondary N) is 1. The Labute approximate surface area is 146 Å². The number of pyridine rings is 1. The van der Waals surface area contributed by atoms with Crippen LogP contribution in [0.25, 0.3) is 0 Å². The molecule has 0 unspecified atom stereocenters. The first-order valence-corrected chi connectivity index (χ1v) is 8.45. The summed E-state index contributed by atoms with van der Waals surface area (Å²) < 4.78 is 19.1. The van der Waals surface area contributed by atoms with Crippen LogP contribution >= 0.6 is 0 Å². The number of aliphatic hydroxyl groups is 1. The van der Waals surface area contributed by atoms with Gasteiger partial charge in [0.15, 0.2) is 11.6 Å². The van der Waals surface area contributed by atoms with Crippen molar-refractivity contribution in [3.8, 4) is 5.75 Å². The van der Waals surface area contributed by atoms with Crippen molar-refractivity contribution in [2.75, 3.05) is 19.7 Å². The SMILES string of the molecule is Cc1c[nH]c(=O)c(CN2CCC(O)(COc3ccccc3F)CC2)c1. The Bertz CT molecular complexity index is 782. The van der Waals surface area contributed by atoms with Crippen LogP contribution in [0.4, 0.5) is 4.39 Å². The fourth-order valence-corrected chi connectivity index (χ4v) is 3.06. The van der Waals surface area contributed by atoms with E-state index in [-0.39, 0.29) is 17.9 Å². The van der Waals surface area contributed by atoms with Crippen LogP contribution in [0.15, 0.2) is 41.3 Å². The molecule has 1 aromatic heterocycles. The molecule has 0 amide bonds. The highest BCUT2D eigenvalue weighted by Gasteiger charge is 2.33. The molecule has 25 heavy (non-hydrogen) atoms. The third kappa shape index (κ3) is 4.46. The number of benzene rings is 1. The second kappa shape index (κ2) is 7.37. The van der Waals surface area contributed by atoms with Crippen LogP contribution in [-0.2, 0) is 6.54 Å². The van der Waals surface area contributed by atoms with Gasteiger partial charge >= 0.3 is 0 Å². The number of hydrogen-bond acceptors (Lipinski definition) is 4. The Morgan fingerprint density at radius 1 is 1.32 bits per heavy atom. The molecule has 0 saturated carbocycles. The number of hydrogen-bond donors (Lipinski definition) is 2. The van der Waals surface area contributed by atoms with Crippen molar-refractivity contribution in [2.45, 2.75) is 31.9 Å². The molecule has 1 aromatic carbocycles. The van der Waals surface area contributed by atoms with E-state index in [1.165, 1.54) is 6.07 Å². The van der Waals surface area contributed by atoms with E-state index in [1.807, 2.05) is 13.0 Å². The average molecular weight is 346 g/mol. The van der Waals surface area contributed by atoms with Gasteiger partial charge in [0.25, 0.3) is 5.56 Å². The number of aromatic nitrogens is 1. The normalized spacial score (nSPS) is 17.4. The molecular weight excluding hydrogens is 323 g/mol. The molecule has 1 fully saturated rings. The Balaban J connectivity index is 1.54. The van der Waals surface area contributed by atoms with Crippen molar-refractivity contribution in [3.05, 3.63) is 63.8 Å². The van der Waals surface area contributed by atoms with Gasteiger partial charge in [0.2, 0.25) is 0 Å². The maximum Gasteiger partial charge on any atom is 0.252 e. The lowest BCUT2D eigenvalue weighted by Gasteiger charge is -2.37. The van der Waals surface area contributed by atoms with Crippen LogP contribution in [0, 0.1) is 12.7 Å². The van der Waals surface area contributed by atoms with Gasteiger partial charge in [-0.05, 0) is 43.5 Å². The minimum Gasteiger partial charge on any atom is -0.488 e. The number of halogens is 1. The van der Waals surface area contributed by atoms with Gasteiger partial charge < -0.3 is 14.8 Å². The summed E-state index contributed by atoms with van der Waals surface area (Å²) in [6.45, 7) is 3.87. The molecule has 1 saturated heterocycles. The number of H-pyrrole nitrogens is 1. The van der Waals surface area contributed by atoms with Crippen molar-refractivity contribution < 1.29 is 14.2 Å². The van der Waals surface area contributed by atoms with Crippen molar-refractivity contribution in [1.82, 2.24) is 9.88 Å². The summed E-state index contributed by atoms with van der Waals surface area (Å²) >= 11 is 0. The Hall–Kier alpha value is -2.18. The zero-order chi connectivity index (χ0) is 17.9. The molecule has 2 N–H and O–H groups in total. The van der Waals surface area contributed by atoms with E-state index >= 15 is 0 Å². The minimum atomic E-state index is -0.974. The standard InChI is InChI=1S/C19H23FN2O3/c1-14-10-15(18(23)21-11-14)12-22-8-6-19(24,7-9-22)13-25-17-5-3-2-4-16(17)20/h2-5,10-11,24H,6-9,12-13H2,1H3,(H,21,23). The monoisotopic (exact) mass is 346 g/mol. The third-order valence-electron chi connectivity index (χ3n) is 4.64. The van der Waals surface area contributed by atoms with Crippen LogP contribution in [0.2, 0.25) is 0 Å². The van der Waals surface area contributed by atoms with Gasteiger partial charge in [0.1, 0.15) is 12.2 Å². The van der Waals surface area contributed by atoms with Gasteiger partial charge in [-0.25, -0.2) is 4.39 Å². The van der Waals surface area contributed by atoms with Gasteiger partial charge in [0.05, 0.1) is 0 Å². The molecule has 1 aliphatic rings. The van der Waals surface area contributed by atoms with Crippen molar-refractivity contribution >= 4 is 0 Å². The summed E-state index contributed by atoms with van der Waals surface area (Å²) in [6.07, 6.45) is 2.73. The molecule has 0 bridgehead atoms. The molecule has 2 heterocycles. The predicted octanol–water partition coefficient (Wildman–Crippen LogP) is 2.23. The van der Waals surface area contributed by atoms with E-state index < -0.39 is 11.4 Å². The third-order valence-corrected chi connectivity index (χ3v) is 4.64. The molecule has 0 atom stereocenters. The average Bonchev–Trinajstić information content (AvgIpc) is 2.60. The lowest BCUT2D eigenvalue weighted by molar-refractivity contribution is -0.0544. The quantitative estimate of drug-likeness (QED) is 0.871. The minimum absolute atomic E-state index is 0.0623. The Kier molecular flexibility index (Phi) is 5.20. The number of ether oxygens (including phenoxy) is 1. The molecule has 134 valence electrons. The van der Waals surface area contributed by atoms with Crippen molar-refractivity contribution in [1.29, 1.82) is 0 Å². The zero-order valence-corrected chi connectivity index (χ0v) is 14.3. The molecular formula is C19H23FN2O3. The number of para-hydroxylation sites is 1. The fourth-order valence-electron chi connectivity index (χ4n) is 3.06. The highest BCUT2D eigenvalue weighted by atomic mass is 19.1. The molecule has 6 heteroatoms. The highest BCUT2D eigenvalue weighted by molar-refractivity contribution is 5.23. The molecule has 3 rings (SSSR count). The molecule has 0 spiro atoms. The van der Waals surface area contributed by atoms with Crippen LogP contribution in [0.1, 0.15) is 24.0 Å². The van der Waals surface area contributed by atoms with Crippen LogP contribution in [-0.4, -0.2) is 40.3 Å². The topological polar surface area (TPSA) is 65.6 Å². The van der Waals surface area contributed by atoms with Gasteiger partial charge in [-0.2, -0.15) is 0 Å². The Morgan fingerprint density at radius 2 is 2.04 bits per heavy atom. The number of aryl methyl sites for hydroxylation is 1. The van der Waals surface area contributed by atoms with Gasteiger partial charge in [-0.15, -0.1) is 0 Å². The summed E-state index contributed by atoms with van der Waals surface area (Å²) in [6, 6.07) is 8.08. The summed E-state index contributed by atoms with van der Waals surface area (Å²) in [7, 11) is 0. The maximum atomic E-state index is 13.6. The van der Waals surface area contributed by atoms with E-state index in [9.17, 15) is 14.3 Å². The van der Waals surface area contributed by atoms with Crippen molar-refractivity contribution in [2.24, 2.45) is 0 Å². The van der Waals surface area contributed by atoms with Gasteiger partial charge in [0, 0.05) is 31.4 Å². The van der Waals surface area contributed by atoms with Gasteiger partial charge in [-0.1, -0.05) is 12.1 Å². The highest BCUT2D eigenvalue weighted by Crippen LogP contribution is 2.25. The number of likely N-dealkylation sites (tertiary alicyclic amines) is 1. The lowest BCUT2D eigenvalue weighted by atomic mass is 9.92. The van der Waals surface area contributed by atoms with Gasteiger partial charge in [-0.3, -0.25) is 9.69 Å². The first-order valence-electron chi connectivity index (χ1n) is 8.45. The smallest absolute Gasteiger partial charge is 0.252 e. The summed E-state index contributed by atoms with van der Waals surface area (Å²) in [5.41, 5.74) is 0.696. The van der Waals surface area contributed by atoms with E-state index in [0.717, 1.165) is 11.1 Å². The second-order valence-corrected chi connectivity index (χ2v) is 6.75. The van der Waals surface area contributed by atoms with Crippen molar-refractivity contribution in [3.63, 3.8) is 0 Å². The number of rotatable bonds is 5. The molecule has 5 nitrogen and oxygen atoms in total.